The van der Waals surface area contributed by atoms with Crippen LogP contribution in [0.5, 0.6) is 5.19 Å². The summed E-state index contributed by atoms with van der Waals surface area (Å²) in [7, 11) is -2.99. The lowest BCUT2D eigenvalue weighted by Crippen LogP contribution is -2.50. The molecular weight excluding hydrogens is 346 g/mol. The van der Waals surface area contributed by atoms with Crippen LogP contribution < -0.4 is 4.74 Å². The summed E-state index contributed by atoms with van der Waals surface area (Å²) < 4.78 is 32.3. The minimum absolute atomic E-state index is 0.0761. The second-order valence-corrected chi connectivity index (χ2v) is 10.1. The van der Waals surface area contributed by atoms with Crippen molar-refractivity contribution in [2.24, 2.45) is 0 Å². The van der Waals surface area contributed by atoms with Crippen molar-refractivity contribution in [3.8, 4) is 5.19 Å². The Hall–Kier alpha value is -0.700. The molecule has 6 nitrogen and oxygen atoms in total. The number of aromatic nitrogens is 1. The fourth-order valence-corrected chi connectivity index (χ4v) is 6.23. The lowest BCUT2D eigenvalue weighted by atomic mass is 10.00. The number of hydrogen-bond acceptors (Lipinski definition) is 6. The highest BCUT2D eigenvalue weighted by molar-refractivity contribution is 7.90. The van der Waals surface area contributed by atoms with Crippen LogP contribution in [-0.4, -0.2) is 66.2 Å². The maximum atomic E-state index is 12.3. The van der Waals surface area contributed by atoms with Crippen LogP contribution in [0.2, 0.25) is 0 Å². The molecule has 0 unspecified atom stereocenters. The largest absolute Gasteiger partial charge is 0.467 e. The second kappa shape index (κ2) is 6.90. The normalized spacial score (nSPS) is 25.8. The summed E-state index contributed by atoms with van der Waals surface area (Å²) in [5.74, 6) is 0. The third kappa shape index (κ3) is 3.61. The smallest absolute Gasteiger partial charge is 0.273 e. The molecule has 134 valence electrons. The molecule has 0 spiro atoms. The van der Waals surface area contributed by atoms with E-state index in [4.69, 9.17) is 4.74 Å². The number of rotatable bonds is 5. The van der Waals surface area contributed by atoms with E-state index >= 15 is 0 Å². The van der Waals surface area contributed by atoms with Gasteiger partial charge in [-0.2, -0.15) is 0 Å². The van der Waals surface area contributed by atoms with Gasteiger partial charge < -0.3 is 9.64 Å². The van der Waals surface area contributed by atoms with Gasteiger partial charge in [-0.3, -0.25) is 0 Å². The Balaban J connectivity index is 1.24. The molecule has 1 aromatic heterocycles. The van der Waals surface area contributed by atoms with Gasteiger partial charge in [-0.25, -0.2) is 17.7 Å². The van der Waals surface area contributed by atoms with Crippen LogP contribution in [0.4, 0.5) is 0 Å². The lowest BCUT2D eigenvalue weighted by Gasteiger charge is -2.41. The average Bonchev–Trinajstić information content (AvgIpc) is 3.35. The van der Waals surface area contributed by atoms with Gasteiger partial charge in [-0.1, -0.05) is 11.3 Å². The summed E-state index contributed by atoms with van der Waals surface area (Å²) >= 11 is 1.55. The maximum Gasteiger partial charge on any atom is 0.273 e. The van der Waals surface area contributed by atoms with Crippen molar-refractivity contribution in [3.05, 3.63) is 11.6 Å². The van der Waals surface area contributed by atoms with Crippen LogP contribution in [-0.2, 0) is 10.0 Å². The highest BCUT2D eigenvalue weighted by atomic mass is 32.2. The van der Waals surface area contributed by atoms with E-state index < -0.39 is 10.0 Å². The molecule has 0 aromatic carbocycles. The molecule has 1 aliphatic carbocycles. The van der Waals surface area contributed by atoms with E-state index in [0.29, 0.717) is 19.1 Å². The highest BCUT2D eigenvalue weighted by Crippen LogP contribution is 2.33. The summed E-state index contributed by atoms with van der Waals surface area (Å²) in [4.78, 5) is 6.72. The summed E-state index contributed by atoms with van der Waals surface area (Å²) in [6, 6.07) is 0.525. The van der Waals surface area contributed by atoms with Gasteiger partial charge in [0.15, 0.2) is 0 Å². The van der Waals surface area contributed by atoms with E-state index in [1.54, 1.807) is 21.8 Å². The van der Waals surface area contributed by atoms with Gasteiger partial charge >= 0.3 is 0 Å². The zero-order valence-electron chi connectivity index (χ0n) is 13.8. The summed E-state index contributed by atoms with van der Waals surface area (Å²) in [5, 5.41) is 2.63. The first kappa shape index (κ1) is 16.8. The molecule has 0 N–H and O–H groups in total. The van der Waals surface area contributed by atoms with E-state index in [1.165, 1.54) is 0 Å². The molecule has 8 heteroatoms. The highest BCUT2D eigenvalue weighted by Gasteiger charge is 2.41. The quantitative estimate of drug-likeness (QED) is 0.792. The Bertz CT molecular complexity index is 630. The maximum absolute atomic E-state index is 12.3. The minimum Gasteiger partial charge on any atom is -0.467 e. The summed E-state index contributed by atoms with van der Waals surface area (Å²) in [5.41, 5.74) is 0. The molecule has 4 rings (SSSR count). The molecule has 0 bridgehead atoms. The molecule has 1 saturated carbocycles. The van der Waals surface area contributed by atoms with Crippen LogP contribution in [0.3, 0.4) is 0 Å². The average molecular weight is 372 g/mol. The predicted octanol–water partition coefficient (Wildman–Crippen LogP) is 1.94. The lowest BCUT2D eigenvalue weighted by molar-refractivity contribution is 0.0584. The first-order valence-corrected chi connectivity index (χ1v) is 11.3. The van der Waals surface area contributed by atoms with Gasteiger partial charge in [-0.05, 0) is 38.5 Å². The molecule has 0 amide bonds. The van der Waals surface area contributed by atoms with Crippen LogP contribution in [0, 0.1) is 0 Å². The van der Waals surface area contributed by atoms with Crippen molar-refractivity contribution in [2.75, 3.05) is 26.2 Å². The SMILES string of the molecule is O=S(=O)(C1CC1)N1CCC(N2CCC(Oc3nccs3)CC2)CC1. The standard InChI is InChI=1S/C16H25N3O3S2/c20-24(21,15-1-2-15)19-10-3-13(4-11-19)18-8-5-14(6-9-18)22-16-17-7-12-23-16/h7,12-15H,1-6,8-11H2. The fourth-order valence-electron chi connectivity index (χ4n) is 3.81. The third-order valence-corrected chi connectivity index (χ3v) is 8.46. The summed E-state index contributed by atoms with van der Waals surface area (Å²) in [6.07, 6.45) is 7.74. The number of likely N-dealkylation sites (tertiary alicyclic amines) is 1. The van der Waals surface area contributed by atoms with Crippen molar-refractivity contribution in [1.82, 2.24) is 14.2 Å². The van der Waals surface area contributed by atoms with Crippen LogP contribution in [0.25, 0.3) is 0 Å². The van der Waals surface area contributed by atoms with Crippen LogP contribution >= 0.6 is 11.3 Å². The van der Waals surface area contributed by atoms with Crippen molar-refractivity contribution in [3.63, 3.8) is 0 Å². The number of thiazole rings is 1. The van der Waals surface area contributed by atoms with Gasteiger partial charge in [0.25, 0.3) is 5.19 Å². The Morgan fingerprint density at radius 2 is 1.75 bits per heavy atom. The van der Waals surface area contributed by atoms with E-state index in [9.17, 15) is 8.42 Å². The molecule has 0 atom stereocenters. The Morgan fingerprint density at radius 3 is 2.33 bits per heavy atom. The molecule has 2 saturated heterocycles. The van der Waals surface area contributed by atoms with Gasteiger partial charge in [0.1, 0.15) is 6.10 Å². The van der Waals surface area contributed by atoms with E-state index in [1.807, 2.05) is 5.38 Å². The zero-order valence-corrected chi connectivity index (χ0v) is 15.5. The number of hydrogen-bond donors (Lipinski definition) is 0. The van der Waals surface area contributed by atoms with Gasteiger partial charge in [0.2, 0.25) is 10.0 Å². The van der Waals surface area contributed by atoms with Crippen LogP contribution in [0.15, 0.2) is 11.6 Å². The first-order chi connectivity index (χ1) is 11.6. The van der Waals surface area contributed by atoms with Gasteiger partial charge in [0.05, 0.1) is 5.25 Å². The Labute approximate surface area is 147 Å². The number of nitrogens with zero attached hydrogens (tertiary/aromatic N) is 3. The van der Waals surface area contributed by atoms with E-state index in [-0.39, 0.29) is 11.4 Å². The van der Waals surface area contributed by atoms with Crippen molar-refractivity contribution in [2.45, 2.75) is 55.9 Å². The third-order valence-electron chi connectivity index (χ3n) is 5.40. The molecule has 0 radical (unpaired) electrons. The zero-order chi connectivity index (χ0) is 16.6. The van der Waals surface area contributed by atoms with Crippen molar-refractivity contribution in [1.29, 1.82) is 0 Å². The topological polar surface area (TPSA) is 62.7 Å². The van der Waals surface area contributed by atoms with Crippen LogP contribution in [0.1, 0.15) is 38.5 Å². The van der Waals surface area contributed by atoms with Gasteiger partial charge in [-0.15, -0.1) is 0 Å². The molecule has 3 heterocycles. The fraction of sp³-hybridized carbons (Fsp3) is 0.812. The molecular formula is C16H25N3O3S2. The van der Waals surface area contributed by atoms with E-state index in [2.05, 4.69) is 9.88 Å². The van der Waals surface area contributed by atoms with Crippen molar-refractivity contribution < 1.29 is 13.2 Å². The molecule has 1 aromatic rings. The number of sulfonamides is 1. The molecule has 2 aliphatic heterocycles. The van der Waals surface area contributed by atoms with E-state index in [0.717, 1.165) is 56.8 Å². The Morgan fingerprint density at radius 1 is 1.04 bits per heavy atom. The van der Waals surface area contributed by atoms with Gasteiger partial charge in [0, 0.05) is 43.8 Å². The Kier molecular flexibility index (Phi) is 4.81. The number of ether oxygens (including phenoxy) is 1. The monoisotopic (exact) mass is 371 g/mol. The second-order valence-electron chi connectivity index (χ2n) is 7.03. The first-order valence-electron chi connectivity index (χ1n) is 8.92. The molecule has 24 heavy (non-hydrogen) atoms. The van der Waals surface area contributed by atoms with Crippen molar-refractivity contribution >= 4 is 21.4 Å². The predicted molar refractivity (Wildman–Crippen MR) is 93.9 cm³/mol. The summed E-state index contributed by atoms with van der Waals surface area (Å²) in [6.45, 7) is 3.46. The number of piperidine rings is 2. The molecule has 3 fully saturated rings. The minimum atomic E-state index is -2.99. The molecule has 3 aliphatic rings.